The molecule has 1 fully saturated rings. The first-order valence-electron chi connectivity index (χ1n) is 4.18. The van der Waals surface area contributed by atoms with E-state index in [4.69, 9.17) is 18.1 Å². The lowest BCUT2D eigenvalue weighted by atomic mass is 9.77. The minimum absolute atomic E-state index is 0.0761. The van der Waals surface area contributed by atoms with Gasteiger partial charge in [0.1, 0.15) is 0 Å². The van der Waals surface area contributed by atoms with Crippen molar-refractivity contribution in [2.24, 2.45) is 17.8 Å². The number of rotatable bonds is 2. The maximum Gasteiger partial charge on any atom is 0.0704 e. The van der Waals surface area contributed by atoms with Crippen LogP contribution in [0.1, 0.15) is 13.3 Å². The first kappa shape index (κ1) is 9.08. The Kier molecular flexibility index (Phi) is 2.96. The van der Waals surface area contributed by atoms with Gasteiger partial charge in [-0.25, -0.2) is 0 Å². The predicted molar refractivity (Wildman–Crippen MR) is 44.4 cm³/mol. The summed E-state index contributed by atoms with van der Waals surface area (Å²) in [5.74, 6) is 0.918. The van der Waals surface area contributed by atoms with Gasteiger partial charge in [-0.3, -0.25) is 0 Å². The van der Waals surface area contributed by atoms with Crippen LogP contribution in [0.2, 0.25) is 5.82 Å². The number of aliphatic hydroxyl groups is 2. The lowest BCUT2D eigenvalue weighted by Gasteiger charge is -2.18. The molecule has 4 atom stereocenters. The van der Waals surface area contributed by atoms with Crippen LogP contribution in [0.15, 0.2) is 0 Å². The molecule has 3 heteroatoms. The third-order valence-electron chi connectivity index (χ3n) is 2.99. The monoisotopic (exact) mass is 154 g/mol. The second-order valence-corrected chi connectivity index (χ2v) is 3.55. The summed E-state index contributed by atoms with van der Waals surface area (Å²) in [5.41, 5.74) is 0. The molecule has 2 unspecified atom stereocenters. The zero-order valence-corrected chi connectivity index (χ0v) is 6.90. The van der Waals surface area contributed by atoms with Crippen LogP contribution in [0.4, 0.5) is 0 Å². The van der Waals surface area contributed by atoms with E-state index in [1.165, 1.54) is 0 Å². The summed E-state index contributed by atoms with van der Waals surface area (Å²) in [6.45, 7) is 2.40. The van der Waals surface area contributed by atoms with E-state index in [1.54, 1.807) is 0 Å². The Morgan fingerprint density at radius 1 is 1.36 bits per heavy atom. The van der Waals surface area contributed by atoms with Crippen LogP contribution in [-0.2, 0) is 0 Å². The largest absolute Gasteiger partial charge is 0.396 e. The van der Waals surface area contributed by atoms with Crippen LogP contribution >= 0.6 is 0 Å². The molecule has 0 aliphatic heterocycles. The molecule has 1 rings (SSSR count). The van der Waals surface area contributed by atoms with Crippen molar-refractivity contribution in [2.45, 2.75) is 19.2 Å². The standard InChI is InChI=1S/C8H15BO2/c1-5-6(3-10)2-8(9)7(5)4-11/h5-8,10-11H,2-4H2,1H3/t5?,6-,7?,8+/m0/s1. The van der Waals surface area contributed by atoms with E-state index in [0.29, 0.717) is 11.8 Å². The number of aliphatic hydroxyl groups excluding tert-OH is 2. The Balaban J connectivity index is 2.55. The van der Waals surface area contributed by atoms with Gasteiger partial charge in [0.2, 0.25) is 0 Å². The van der Waals surface area contributed by atoms with Gasteiger partial charge in [-0.1, -0.05) is 19.2 Å². The molecule has 0 bridgehead atoms. The molecule has 1 aliphatic carbocycles. The SMILES string of the molecule is [B][C@@H]1C[C@@H](CO)C(C)C1CO. The highest BCUT2D eigenvalue weighted by molar-refractivity contribution is 6.12. The average Bonchev–Trinajstić information content (AvgIpc) is 2.26. The molecule has 1 aliphatic rings. The fourth-order valence-corrected chi connectivity index (χ4v) is 2.02. The Morgan fingerprint density at radius 3 is 2.27 bits per heavy atom. The minimum Gasteiger partial charge on any atom is -0.396 e. The van der Waals surface area contributed by atoms with Crippen LogP contribution in [0.5, 0.6) is 0 Å². The van der Waals surface area contributed by atoms with Gasteiger partial charge in [0.05, 0.1) is 7.85 Å². The van der Waals surface area contributed by atoms with Gasteiger partial charge in [-0.15, -0.1) is 0 Å². The highest BCUT2D eigenvalue weighted by Crippen LogP contribution is 2.42. The summed E-state index contributed by atoms with van der Waals surface area (Å²) in [5, 5.41) is 17.9. The topological polar surface area (TPSA) is 40.5 Å². The average molecular weight is 154 g/mol. The molecule has 0 aromatic carbocycles. The fraction of sp³-hybridized carbons (Fsp3) is 1.00. The van der Waals surface area contributed by atoms with Crippen molar-refractivity contribution < 1.29 is 10.2 Å². The molecule has 0 aromatic heterocycles. The first-order chi connectivity index (χ1) is 5.20. The maximum atomic E-state index is 8.96. The van der Waals surface area contributed by atoms with Crippen molar-refractivity contribution in [3.05, 3.63) is 0 Å². The molecule has 1 saturated carbocycles. The molecule has 62 valence electrons. The van der Waals surface area contributed by atoms with Gasteiger partial charge in [-0.2, -0.15) is 0 Å². The molecular formula is C8H15BO2. The quantitative estimate of drug-likeness (QED) is 0.557. The van der Waals surface area contributed by atoms with Crippen molar-refractivity contribution in [1.82, 2.24) is 0 Å². The zero-order valence-electron chi connectivity index (χ0n) is 6.90. The van der Waals surface area contributed by atoms with Crippen LogP contribution in [-0.4, -0.2) is 31.3 Å². The second-order valence-electron chi connectivity index (χ2n) is 3.55. The molecule has 2 N–H and O–H groups in total. The van der Waals surface area contributed by atoms with E-state index >= 15 is 0 Å². The van der Waals surface area contributed by atoms with Gasteiger partial charge in [0.15, 0.2) is 0 Å². The van der Waals surface area contributed by atoms with Crippen molar-refractivity contribution >= 4 is 7.85 Å². The van der Waals surface area contributed by atoms with Crippen LogP contribution < -0.4 is 0 Å². The van der Waals surface area contributed by atoms with E-state index in [-0.39, 0.29) is 24.9 Å². The summed E-state index contributed by atoms with van der Waals surface area (Å²) in [7, 11) is 5.77. The van der Waals surface area contributed by atoms with Crippen molar-refractivity contribution in [3.8, 4) is 0 Å². The highest BCUT2D eigenvalue weighted by Gasteiger charge is 2.36. The first-order valence-corrected chi connectivity index (χ1v) is 4.18. The third-order valence-corrected chi connectivity index (χ3v) is 2.99. The van der Waals surface area contributed by atoms with E-state index in [2.05, 4.69) is 6.92 Å². The summed E-state index contributed by atoms with van der Waals surface area (Å²) in [4.78, 5) is 0. The Hall–Kier alpha value is -0.0151. The van der Waals surface area contributed by atoms with Crippen LogP contribution in [0.3, 0.4) is 0 Å². The van der Waals surface area contributed by atoms with E-state index in [0.717, 1.165) is 6.42 Å². The van der Waals surface area contributed by atoms with Crippen molar-refractivity contribution in [2.75, 3.05) is 13.2 Å². The lowest BCUT2D eigenvalue weighted by Crippen LogP contribution is -2.18. The summed E-state index contributed by atoms with van der Waals surface area (Å²) >= 11 is 0. The van der Waals surface area contributed by atoms with Gasteiger partial charge < -0.3 is 10.2 Å². The zero-order chi connectivity index (χ0) is 8.43. The minimum atomic E-state index is 0.0761. The predicted octanol–water partition coefficient (Wildman–Crippen LogP) is 0.200. The van der Waals surface area contributed by atoms with Crippen LogP contribution in [0, 0.1) is 17.8 Å². The molecule has 11 heavy (non-hydrogen) atoms. The number of hydrogen-bond acceptors (Lipinski definition) is 2. The third kappa shape index (κ3) is 1.59. The van der Waals surface area contributed by atoms with Gasteiger partial charge >= 0.3 is 0 Å². The molecule has 0 amide bonds. The molecule has 0 heterocycles. The fourth-order valence-electron chi connectivity index (χ4n) is 2.02. The van der Waals surface area contributed by atoms with Gasteiger partial charge in [-0.05, 0) is 17.8 Å². The van der Waals surface area contributed by atoms with Gasteiger partial charge in [0.25, 0.3) is 0 Å². The Morgan fingerprint density at radius 2 is 2.00 bits per heavy atom. The van der Waals surface area contributed by atoms with Crippen molar-refractivity contribution in [3.63, 3.8) is 0 Å². The lowest BCUT2D eigenvalue weighted by molar-refractivity contribution is 0.154. The molecule has 2 nitrogen and oxygen atoms in total. The van der Waals surface area contributed by atoms with E-state index in [1.807, 2.05) is 0 Å². The smallest absolute Gasteiger partial charge is 0.0704 e. The van der Waals surface area contributed by atoms with E-state index in [9.17, 15) is 0 Å². The Bertz CT molecular complexity index is 129. The molecular weight excluding hydrogens is 139 g/mol. The molecule has 0 spiro atoms. The summed E-state index contributed by atoms with van der Waals surface area (Å²) in [6.07, 6.45) is 0.850. The number of hydrogen-bond donors (Lipinski definition) is 2. The Labute approximate surface area is 69.0 Å². The summed E-state index contributed by atoms with van der Waals surface area (Å²) in [6, 6.07) is 0. The van der Waals surface area contributed by atoms with Crippen LogP contribution in [0.25, 0.3) is 0 Å². The van der Waals surface area contributed by atoms with Crippen molar-refractivity contribution in [1.29, 1.82) is 0 Å². The normalized spacial score (nSPS) is 44.6. The highest BCUT2D eigenvalue weighted by atomic mass is 16.3. The maximum absolute atomic E-state index is 8.96. The second kappa shape index (κ2) is 3.59. The molecule has 0 saturated heterocycles. The summed E-state index contributed by atoms with van der Waals surface area (Å²) < 4.78 is 0. The molecule has 0 aromatic rings. The van der Waals surface area contributed by atoms with E-state index < -0.39 is 0 Å². The van der Waals surface area contributed by atoms with Gasteiger partial charge in [0, 0.05) is 13.2 Å². The molecule has 2 radical (unpaired) electrons.